The van der Waals surface area contributed by atoms with E-state index in [4.69, 9.17) is 11.6 Å². The highest BCUT2D eigenvalue weighted by Gasteiger charge is 2.27. The van der Waals surface area contributed by atoms with Crippen LogP contribution in [0.3, 0.4) is 0 Å². The van der Waals surface area contributed by atoms with E-state index in [2.05, 4.69) is 21.2 Å². The van der Waals surface area contributed by atoms with Crippen LogP contribution < -0.4 is 5.32 Å². The number of carbonyl (C=O) groups excluding carboxylic acids is 1. The fourth-order valence-electron chi connectivity index (χ4n) is 2.50. The molecule has 1 fully saturated rings. The molecule has 1 aliphatic carbocycles. The first-order valence-corrected chi connectivity index (χ1v) is 7.61. The largest absolute Gasteiger partial charge is 0.353 e. The number of rotatable bonds is 4. The molecule has 2 rings (SSSR count). The summed E-state index contributed by atoms with van der Waals surface area (Å²) in [5.41, 5.74) is 1.03. The van der Waals surface area contributed by atoms with Gasteiger partial charge in [-0.15, -0.1) is 11.6 Å². The minimum absolute atomic E-state index is 0.0927. The highest BCUT2D eigenvalue weighted by atomic mass is 79.9. The molecule has 2 unspecified atom stereocenters. The first kappa shape index (κ1) is 13.9. The minimum atomic E-state index is 0.0927. The van der Waals surface area contributed by atoms with E-state index < -0.39 is 0 Å². The molecule has 4 heteroatoms. The lowest BCUT2D eigenvalue weighted by atomic mass is 10.1. The number of benzene rings is 1. The normalized spacial score (nSPS) is 23.0. The molecular weight excluding hydrogens is 314 g/mol. The van der Waals surface area contributed by atoms with E-state index in [0.29, 0.717) is 18.2 Å². The van der Waals surface area contributed by atoms with Crippen LogP contribution >= 0.6 is 27.5 Å². The van der Waals surface area contributed by atoms with Gasteiger partial charge in [0.15, 0.2) is 0 Å². The van der Waals surface area contributed by atoms with Crippen molar-refractivity contribution in [3.8, 4) is 0 Å². The predicted octanol–water partition coefficient (Wildman–Crippen LogP) is 3.52. The molecular formula is C14H17BrClNO. The zero-order valence-electron chi connectivity index (χ0n) is 10.2. The average molecular weight is 331 g/mol. The maximum absolute atomic E-state index is 12.0. The first-order valence-electron chi connectivity index (χ1n) is 6.29. The monoisotopic (exact) mass is 329 g/mol. The molecule has 1 aromatic rings. The second-order valence-corrected chi connectivity index (χ2v) is 6.05. The van der Waals surface area contributed by atoms with Gasteiger partial charge in [0.25, 0.3) is 0 Å². The molecule has 0 aliphatic heterocycles. The molecule has 2 nitrogen and oxygen atoms in total. The third-order valence-electron chi connectivity index (χ3n) is 3.46. The fourth-order valence-corrected chi connectivity index (χ4v) is 3.32. The molecule has 0 heterocycles. The van der Waals surface area contributed by atoms with Crippen molar-refractivity contribution in [3.05, 3.63) is 34.3 Å². The quantitative estimate of drug-likeness (QED) is 0.841. The Labute approximate surface area is 121 Å². The van der Waals surface area contributed by atoms with Gasteiger partial charge in [0.2, 0.25) is 5.91 Å². The summed E-state index contributed by atoms with van der Waals surface area (Å²) in [4.78, 5) is 12.0. The summed E-state index contributed by atoms with van der Waals surface area (Å²) in [7, 11) is 0. The lowest BCUT2D eigenvalue weighted by Gasteiger charge is -2.18. The van der Waals surface area contributed by atoms with Gasteiger partial charge < -0.3 is 5.32 Å². The molecule has 0 saturated heterocycles. The topological polar surface area (TPSA) is 29.1 Å². The molecule has 1 N–H and O–H groups in total. The maximum Gasteiger partial charge on any atom is 0.224 e. The number of carbonyl (C=O) groups is 1. The van der Waals surface area contributed by atoms with Crippen LogP contribution in [-0.4, -0.2) is 17.8 Å². The summed E-state index contributed by atoms with van der Waals surface area (Å²) < 4.78 is 1.01. The summed E-state index contributed by atoms with van der Waals surface area (Å²) in [5.74, 6) is 1.18. The maximum atomic E-state index is 12.0. The Hall–Kier alpha value is -0.540. The van der Waals surface area contributed by atoms with E-state index in [1.165, 1.54) is 6.42 Å². The molecule has 0 spiro atoms. The Bertz CT molecular complexity index is 424. The van der Waals surface area contributed by atoms with Crippen molar-refractivity contribution in [1.82, 2.24) is 5.32 Å². The Morgan fingerprint density at radius 2 is 2.28 bits per heavy atom. The minimum Gasteiger partial charge on any atom is -0.353 e. The van der Waals surface area contributed by atoms with Gasteiger partial charge in [-0.05, 0) is 36.5 Å². The predicted molar refractivity (Wildman–Crippen MR) is 77.8 cm³/mol. The number of alkyl halides is 1. The van der Waals surface area contributed by atoms with Crippen LogP contribution in [0.4, 0.5) is 0 Å². The van der Waals surface area contributed by atoms with Crippen molar-refractivity contribution < 1.29 is 4.79 Å². The van der Waals surface area contributed by atoms with E-state index in [-0.39, 0.29) is 11.9 Å². The highest BCUT2D eigenvalue weighted by molar-refractivity contribution is 9.10. The van der Waals surface area contributed by atoms with Gasteiger partial charge in [-0.3, -0.25) is 4.79 Å². The van der Waals surface area contributed by atoms with Crippen LogP contribution in [0.25, 0.3) is 0 Å². The SMILES string of the molecule is O=C(Cc1cccc(Br)c1)NC1CCCC1CCl. The molecule has 18 heavy (non-hydrogen) atoms. The molecule has 0 bridgehead atoms. The Balaban J connectivity index is 1.89. The Kier molecular flexibility index (Phi) is 5.07. The van der Waals surface area contributed by atoms with Gasteiger partial charge in [0.05, 0.1) is 6.42 Å². The summed E-state index contributed by atoms with van der Waals surface area (Å²) in [6.45, 7) is 0. The van der Waals surface area contributed by atoms with Gasteiger partial charge in [-0.1, -0.05) is 34.5 Å². The first-order chi connectivity index (χ1) is 8.69. The van der Waals surface area contributed by atoms with Gasteiger partial charge in [0.1, 0.15) is 0 Å². The summed E-state index contributed by atoms with van der Waals surface area (Å²) in [6.07, 6.45) is 3.79. The smallest absolute Gasteiger partial charge is 0.224 e. The Morgan fingerprint density at radius 1 is 1.44 bits per heavy atom. The third kappa shape index (κ3) is 3.72. The second-order valence-electron chi connectivity index (χ2n) is 4.83. The molecule has 0 aromatic heterocycles. The molecule has 1 aliphatic rings. The van der Waals surface area contributed by atoms with E-state index in [1.807, 2.05) is 24.3 Å². The average Bonchev–Trinajstić information content (AvgIpc) is 2.76. The molecule has 0 radical (unpaired) electrons. The Morgan fingerprint density at radius 3 is 3.00 bits per heavy atom. The van der Waals surface area contributed by atoms with Crippen LogP contribution in [0.15, 0.2) is 28.7 Å². The van der Waals surface area contributed by atoms with Gasteiger partial charge >= 0.3 is 0 Å². The summed E-state index contributed by atoms with van der Waals surface area (Å²) in [5, 5.41) is 3.11. The number of hydrogen-bond donors (Lipinski definition) is 1. The van der Waals surface area contributed by atoms with Gasteiger partial charge in [0, 0.05) is 16.4 Å². The molecule has 1 amide bonds. The number of amides is 1. The van der Waals surface area contributed by atoms with Crippen LogP contribution in [0, 0.1) is 5.92 Å². The van der Waals surface area contributed by atoms with Crippen molar-refractivity contribution in [3.63, 3.8) is 0 Å². The zero-order valence-corrected chi connectivity index (χ0v) is 12.5. The van der Waals surface area contributed by atoms with E-state index >= 15 is 0 Å². The van der Waals surface area contributed by atoms with E-state index in [1.54, 1.807) is 0 Å². The molecule has 2 atom stereocenters. The number of hydrogen-bond acceptors (Lipinski definition) is 1. The van der Waals surface area contributed by atoms with E-state index in [0.717, 1.165) is 22.9 Å². The summed E-state index contributed by atoms with van der Waals surface area (Å²) in [6, 6.07) is 8.12. The number of nitrogens with one attached hydrogen (secondary N) is 1. The fraction of sp³-hybridized carbons (Fsp3) is 0.500. The van der Waals surface area contributed by atoms with Crippen molar-refractivity contribution in [2.45, 2.75) is 31.7 Å². The van der Waals surface area contributed by atoms with E-state index in [9.17, 15) is 4.79 Å². The second kappa shape index (κ2) is 6.58. The lowest BCUT2D eigenvalue weighted by Crippen LogP contribution is -2.38. The molecule has 98 valence electrons. The van der Waals surface area contributed by atoms with Crippen LogP contribution in [0.2, 0.25) is 0 Å². The summed E-state index contributed by atoms with van der Waals surface area (Å²) >= 11 is 9.32. The highest BCUT2D eigenvalue weighted by Crippen LogP contribution is 2.26. The van der Waals surface area contributed by atoms with Gasteiger partial charge in [-0.2, -0.15) is 0 Å². The van der Waals surface area contributed by atoms with Crippen molar-refractivity contribution in [1.29, 1.82) is 0 Å². The van der Waals surface area contributed by atoms with Gasteiger partial charge in [-0.25, -0.2) is 0 Å². The van der Waals surface area contributed by atoms with Crippen LogP contribution in [-0.2, 0) is 11.2 Å². The van der Waals surface area contributed by atoms with Crippen molar-refractivity contribution >= 4 is 33.4 Å². The zero-order chi connectivity index (χ0) is 13.0. The van der Waals surface area contributed by atoms with Crippen molar-refractivity contribution in [2.75, 3.05) is 5.88 Å². The molecule has 1 saturated carbocycles. The van der Waals surface area contributed by atoms with Crippen molar-refractivity contribution in [2.24, 2.45) is 5.92 Å². The number of halogens is 2. The third-order valence-corrected chi connectivity index (χ3v) is 4.35. The van der Waals surface area contributed by atoms with Crippen LogP contribution in [0.5, 0.6) is 0 Å². The van der Waals surface area contributed by atoms with Crippen LogP contribution in [0.1, 0.15) is 24.8 Å². The molecule has 1 aromatic carbocycles. The lowest BCUT2D eigenvalue weighted by molar-refractivity contribution is -0.121. The standard InChI is InChI=1S/C14H17BrClNO/c15-12-5-1-3-10(7-12)8-14(18)17-13-6-2-4-11(13)9-16/h1,3,5,7,11,13H,2,4,6,8-9H2,(H,17,18).